The van der Waals surface area contributed by atoms with E-state index in [4.69, 9.17) is 4.74 Å². The van der Waals surface area contributed by atoms with Gasteiger partial charge in [-0.05, 0) is 50.1 Å². The fraction of sp³-hybridized carbons (Fsp3) is 0.923. The van der Waals surface area contributed by atoms with Crippen LogP contribution in [-0.4, -0.2) is 26.2 Å². The minimum absolute atomic E-state index is 0. The van der Waals surface area contributed by atoms with Crippen molar-refractivity contribution in [1.82, 2.24) is 5.32 Å². The minimum Gasteiger partial charge on any atom is -0.468 e. The Morgan fingerprint density at radius 1 is 1.29 bits per heavy atom. The Morgan fingerprint density at radius 2 is 2.00 bits per heavy atom. The Balaban J connectivity index is 0.00000144. The number of carbonyl (C=O) groups is 1. The second-order valence-corrected chi connectivity index (χ2v) is 5.47. The maximum absolute atomic E-state index is 10.2. The van der Waals surface area contributed by atoms with Crippen LogP contribution in [0.15, 0.2) is 0 Å². The molecule has 1 aliphatic heterocycles. The quantitative estimate of drug-likeness (QED) is 0.590. The first-order valence-electron chi connectivity index (χ1n) is 6.61. The Labute approximate surface area is 110 Å². The molecule has 1 N–H and O–H groups in total. The van der Waals surface area contributed by atoms with Gasteiger partial charge in [-0.15, -0.1) is 12.4 Å². The zero-order valence-corrected chi connectivity index (χ0v) is 11.3. The zero-order valence-electron chi connectivity index (χ0n) is 10.5. The average Bonchev–Trinajstić information content (AvgIpc) is 2.26. The van der Waals surface area contributed by atoms with Gasteiger partial charge in [0.05, 0.1) is 6.61 Å². The number of hydrogen-bond acceptors (Lipinski definition) is 3. The third kappa shape index (κ3) is 4.14. The van der Waals surface area contributed by atoms with Crippen LogP contribution in [0.4, 0.5) is 0 Å². The fourth-order valence-electron chi connectivity index (χ4n) is 3.15. The smallest absolute Gasteiger partial charge is 0.293 e. The fourth-order valence-corrected chi connectivity index (χ4v) is 3.15. The molecule has 0 aromatic carbocycles. The molecular formula is C13H24ClNO2. The van der Waals surface area contributed by atoms with E-state index in [1.807, 2.05) is 0 Å². The number of piperidine rings is 1. The van der Waals surface area contributed by atoms with Gasteiger partial charge >= 0.3 is 0 Å². The Bertz CT molecular complexity index is 225. The molecule has 2 fully saturated rings. The van der Waals surface area contributed by atoms with E-state index in [0.717, 1.165) is 25.4 Å². The number of halogens is 1. The highest BCUT2D eigenvalue weighted by molar-refractivity contribution is 5.85. The summed E-state index contributed by atoms with van der Waals surface area (Å²) < 4.78 is 4.89. The first kappa shape index (κ1) is 14.8. The van der Waals surface area contributed by atoms with Gasteiger partial charge in [0.2, 0.25) is 0 Å². The third-order valence-corrected chi connectivity index (χ3v) is 4.43. The van der Waals surface area contributed by atoms with Gasteiger partial charge in [-0.1, -0.05) is 19.3 Å². The van der Waals surface area contributed by atoms with E-state index in [-0.39, 0.29) is 12.4 Å². The summed E-state index contributed by atoms with van der Waals surface area (Å²) in [6.45, 7) is 3.45. The molecule has 100 valence electrons. The molecule has 0 atom stereocenters. The highest BCUT2D eigenvalue weighted by Crippen LogP contribution is 2.44. The zero-order chi connectivity index (χ0) is 11.3. The molecule has 0 aromatic rings. The predicted octanol–water partition coefficient (Wildman–Crippen LogP) is 2.53. The molecule has 0 aromatic heterocycles. The highest BCUT2D eigenvalue weighted by atomic mass is 35.5. The molecule has 0 bridgehead atoms. The van der Waals surface area contributed by atoms with Gasteiger partial charge in [0.15, 0.2) is 0 Å². The van der Waals surface area contributed by atoms with E-state index in [2.05, 4.69) is 5.32 Å². The largest absolute Gasteiger partial charge is 0.468 e. The van der Waals surface area contributed by atoms with E-state index < -0.39 is 0 Å². The maximum atomic E-state index is 10.2. The van der Waals surface area contributed by atoms with E-state index in [0.29, 0.717) is 18.5 Å². The molecule has 3 nitrogen and oxygen atoms in total. The lowest BCUT2D eigenvalue weighted by Crippen LogP contribution is -2.39. The van der Waals surface area contributed by atoms with Crippen molar-refractivity contribution in [2.75, 3.05) is 19.7 Å². The van der Waals surface area contributed by atoms with Crippen LogP contribution in [-0.2, 0) is 9.53 Å². The molecule has 4 heteroatoms. The Kier molecular flexibility index (Phi) is 6.28. The van der Waals surface area contributed by atoms with Crippen LogP contribution in [0.3, 0.4) is 0 Å². The van der Waals surface area contributed by atoms with Crippen molar-refractivity contribution in [3.63, 3.8) is 0 Å². The summed E-state index contributed by atoms with van der Waals surface area (Å²) in [4.78, 5) is 10.2. The number of nitrogens with one attached hydrogen (secondary N) is 1. The predicted molar refractivity (Wildman–Crippen MR) is 70.4 cm³/mol. The van der Waals surface area contributed by atoms with Gasteiger partial charge in [-0.25, -0.2) is 0 Å². The Hall–Kier alpha value is -0.280. The van der Waals surface area contributed by atoms with Crippen LogP contribution in [0.1, 0.15) is 44.9 Å². The van der Waals surface area contributed by atoms with Crippen molar-refractivity contribution in [3.8, 4) is 0 Å². The van der Waals surface area contributed by atoms with E-state index in [9.17, 15) is 4.79 Å². The van der Waals surface area contributed by atoms with Crippen molar-refractivity contribution in [1.29, 1.82) is 0 Å². The first-order valence-corrected chi connectivity index (χ1v) is 6.61. The van der Waals surface area contributed by atoms with Crippen LogP contribution in [0.2, 0.25) is 0 Å². The van der Waals surface area contributed by atoms with Crippen LogP contribution in [0.5, 0.6) is 0 Å². The van der Waals surface area contributed by atoms with Gasteiger partial charge in [0, 0.05) is 0 Å². The lowest BCUT2D eigenvalue weighted by Gasteiger charge is -2.42. The summed E-state index contributed by atoms with van der Waals surface area (Å²) >= 11 is 0. The van der Waals surface area contributed by atoms with Gasteiger partial charge in [-0.3, -0.25) is 4.79 Å². The van der Waals surface area contributed by atoms with Crippen molar-refractivity contribution in [3.05, 3.63) is 0 Å². The SMILES string of the molecule is Cl.O=COCCC1(CC2CCC2)CCNCC1. The van der Waals surface area contributed by atoms with Gasteiger partial charge < -0.3 is 10.1 Å². The van der Waals surface area contributed by atoms with Gasteiger partial charge in [0.25, 0.3) is 6.47 Å². The summed E-state index contributed by atoms with van der Waals surface area (Å²) in [6.07, 6.45) is 9.19. The van der Waals surface area contributed by atoms with E-state index >= 15 is 0 Å². The van der Waals surface area contributed by atoms with Crippen LogP contribution < -0.4 is 5.32 Å². The minimum atomic E-state index is 0. The monoisotopic (exact) mass is 261 g/mol. The highest BCUT2D eigenvalue weighted by Gasteiger charge is 2.35. The standard InChI is InChI=1S/C13H23NO2.ClH/c15-11-16-9-6-13(4-7-14-8-5-13)10-12-2-1-3-12;/h11-12,14H,1-10H2;1H. The number of carbonyl (C=O) groups excluding carboxylic acids is 1. The Morgan fingerprint density at radius 3 is 2.53 bits per heavy atom. The van der Waals surface area contributed by atoms with Crippen LogP contribution in [0, 0.1) is 11.3 Å². The van der Waals surface area contributed by atoms with E-state index in [1.165, 1.54) is 38.5 Å². The van der Waals surface area contributed by atoms with Crippen molar-refractivity contribution in [2.24, 2.45) is 11.3 Å². The molecule has 2 rings (SSSR count). The van der Waals surface area contributed by atoms with Gasteiger partial charge in [0.1, 0.15) is 0 Å². The molecule has 0 amide bonds. The lowest BCUT2D eigenvalue weighted by atomic mass is 9.66. The second kappa shape index (κ2) is 7.22. The summed E-state index contributed by atoms with van der Waals surface area (Å²) in [5.41, 5.74) is 0.458. The summed E-state index contributed by atoms with van der Waals surface area (Å²) in [5.74, 6) is 0.953. The topological polar surface area (TPSA) is 38.3 Å². The maximum Gasteiger partial charge on any atom is 0.293 e. The molecule has 1 heterocycles. The average molecular weight is 262 g/mol. The number of hydrogen-bond donors (Lipinski definition) is 1. The van der Waals surface area contributed by atoms with Crippen molar-refractivity contribution in [2.45, 2.75) is 44.9 Å². The van der Waals surface area contributed by atoms with E-state index in [1.54, 1.807) is 0 Å². The van der Waals surface area contributed by atoms with Crippen LogP contribution >= 0.6 is 12.4 Å². The third-order valence-electron chi connectivity index (χ3n) is 4.43. The molecule has 1 saturated heterocycles. The molecule has 0 unspecified atom stereocenters. The van der Waals surface area contributed by atoms with Crippen LogP contribution in [0.25, 0.3) is 0 Å². The van der Waals surface area contributed by atoms with Crippen molar-refractivity contribution < 1.29 is 9.53 Å². The molecule has 2 aliphatic rings. The first-order chi connectivity index (χ1) is 7.85. The molecule has 17 heavy (non-hydrogen) atoms. The van der Waals surface area contributed by atoms with Crippen molar-refractivity contribution >= 4 is 18.9 Å². The lowest BCUT2D eigenvalue weighted by molar-refractivity contribution is -0.129. The summed E-state index contributed by atoms with van der Waals surface area (Å²) in [5, 5.41) is 3.43. The van der Waals surface area contributed by atoms with Gasteiger partial charge in [-0.2, -0.15) is 0 Å². The molecule has 0 spiro atoms. The number of ether oxygens (including phenoxy) is 1. The molecule has 0 radical (unpaired) electrons. The molecular weight excluding hydrogens is 238 g/mol. The normalized spacial score (nSPS) is 23.3. The summed E-state index contributed by atoms with van der Waals surface area (Å²) in [7, 11) is 0. The molecule has 1 saturated carbocycles. The molecule has 1 aliphatic carbocycles. The second-order valence-electron chi connectivity index (χ2n) is 5.47. The number of rotatable bonds is 6. The summed E-state index contributed by atoms with van der Waals surface area (Å²) in [6, 6.07) is 0.